The molecule has 6 heteroatoms. The van der Waals surface area contributed by atoms with E-state index < -0.39 is 11.6 Å². The van der Waals surface area contributed by atoms with Crippen LogP contribution in [0.3, 0.4) is 0 Å². The van der Waals surface area contributed by atoms with E-state index in [4.69, 9.17) is 4.74 Å². The monoisotopic (exact) mass is 390 g/mol. The van der Waals surface area contributed by atoms with Gasteiger partial charge in [-0.25, -0.2) is 4.79 Å². The maximum atomic E-state index is 13.2. The second kappa shape index (κ2) is 5.64. The van der Waals surface area contributed by atoms with Gasteiger partial charge in [0.25, 0.3) is 0 Å². The fourth-order valence-electron chi connectivity index (χ4n) is 5.51. The van der Waals surface area contributed by atoms with Crippen molar-refractivity contribution in [2.24, 2.45) is 11.8 Å². The minimum atomic E-state index is -1.69. The van der Waals surface area contributed by atoms with Crippen LogP contribution in [0, 0.1) is 11.8 Å². The van der Waals surface area contributed by atoms with Crippen LogP contribution in [0.1, 0.15) is 29.0 Å². The molecule has 5 rings (SSSR count). The Bertz CT molecular complexity index is 760. The lowest BCUT2D eigenvalue weighted by Gasteiger charge is -2.46. The SMILES string of the molecule is C[N+]1(C)C2CC(OC(=O)C(O)(c3cccs3)c3cccs3)CC1[C@@H]1C[C@H]21. The second-order valence-electron chi connectivity index (χ2n) is 8.49. The van der Waals surface area contributed by atoms with E-state index in [1.165, 1.54) is 29.1 Å². The zero-order valence-corrected chi connectivity index (χ0v) is 16.6. The summed E-state index contributed by atoms with van der Waals surface area (Å²) in [6.07, 6.45) is 3.11. The number of aliphatic hydroxyl groups is 1. The van der Waals surface area contributed by atoms with E-state index in [0.717, 1.165) is 29.2 Å². The Hall–Kier alpha value is -1.21. The van der Waals surface area contributed by atoms with Crippen LogP contribution in [0.5, 0.6) is 0 Å². The van der Waals surface area contributed by atoms with Crippen LogP contribution < -0.4 is 0 Å². The molecule has 26 heavy (non-hydrogen) atoms. The molecule has 1 N–H and O–H groups in total. The first-order valence-corrected chi connectivity index (χ1v) is 11.0. The number of ether oxygens (including phenoxy) is 1. The van der Waals surface area contributed by atoms with Crippen molar-refractivity contribution in [3.8, 4) is 0 Å². The topological polar surface area (TPSA) is 46.5 Å². The van der Waals surface area contributed by atoms with Gasteiger partial charge in [0.2, 0.25) is 5.60 Å². The predicted molar refractivity (Wildman–Crippen MR) is 102 cm³/mol. The van der Waals surface area contributed by atoms with Gasteiger partial charge in [0.15, 0.2) is 0 Å². The summed E-state index contributed by atoms with van der Waals surface area (Å²) in [6.45, 7) is 0. The van der Waals surface area contributed by atoms with Crippen molar-refractivity contribution >= 4 is 28.6 Å². The molecule has 3 unspecified atom stereocenters. The van der Waals surface area contributed by atoms with Crippen molar-refractivity contribution in [1.82, 2.24) is 0 Å². The van der Waals surface area contributed by atoms with Crippen LogP contribution in [0.4, 0.5) is 0 Å². The van der Waals surface area contributed by atoms with Gasteiger partial charge >= 0.3 is 5.97 Å². The molecule has 0 aromatic carbocycles. The molecular weight excluding hydrogens is 366 g/mol. The van der Waals surface area contributed by atoms with Crippen molar-refractivity contribution in [3.63, 3.8) is 0 Å². The van der Waals surface area contributed by atoms with E-state index in [1.54, 1.807) is 0 Å². The highest BCUT2D eigenvalue weighted by molar-refractivity contribution is 7.12. The fraction of sp³-hybridized carbons (Fsp3) is 0.550. The largest absolute Gasteiger partial charge is 0.459 e. The standard InChI is InChI=1S/C20H24NO3S2/c1-21(2)15-9-12(10-16(21)14-11-13(14)15)24-19(22)20(23,17-5-3-7-25-17)18-6-4-8-26-18/h3-8,12-16,23H,9-11H2,1-2H3/q+1/t12?,13-,14+,15?,16?. The first-order valence-electron chi connectivity index (χ1n) is 9.27. The zero-order valence-electron chi connectivity index (χ0n) is 15.0. The molecule has 2 aromatic rings. The van der Waals surface area contributed by atoms with Crippen LogP contribution in [-0.2, 0) is 15.1 Å². The number of thiophene rings is 2. The van der Waals surface area contributed by atoms with E-state index in [0.29, 0.717) is 21.8 Å². The number of carbonyl (C=O) groups excluding carboxylic acids is 1. The highest BCUT2D eigenvalue weighted by atomic mass is 32.1. The third kappa shape index (κ3) is 2.29. The van der Waals surface area contributed by atoms with Gasteiger partial charge in [-0.2, -0.15) is 0 Å². The number of hydrogen-bond donors (Lipinski definition) is 1. The molecular formula is C20H24NO3S2+. The minimum Gasteiger partial charge on any atom is -0.459 e. The molecule has 2 aromatic heterocycles. The van der Waals surface area contributed by atoms with Crippen LogP contribution in [0.2, 0.25) is 0 Å². The summed E-state index contributed by atoms with van der Waals surface area (Å²) in [7, 11) is 4.65. The number of hydrogen-bond acceptors (Lipinski definition) is 5. The second-order valence-corrected chi connectivity index (χ2v) is 10.4. The van der Waals surface area contributed by atoms with Gasteiger partial charge in [-0.05, 0) is 29.3 Å². The molecule has 138 valence electrons. The third-order valence-electron chi connectivity index (χ3n) is 6.92. The Morgan fingerprint density at radius 2 is 1.62 bits per heavy atom. The summed E-state index contributed by atoms with van der Waals surface area (Å²) < 4.78 is 7.03. The number of quaternary nitrogens is 1. The van der Waals surface area contributed by atoms with Crippen LogP contribution in [-0.4, -0.2) is 47.8 Å². The lowest BCUT2D eigenvalue weighted by Crippen LogP contribution is -2.59. The van der Waals surface area contributed by atoms with Crippen LogP contribution in [0.25, 0.3) is 0 Å². The lowest BCUT2D eigenvalue weighted by molar-refractivity contribution is -0.937. The van der Waals surface area contributed by atoms with E-state index in [9.17, 15) is 9.90 Å². The molecule has 2 saturated heterocycles. The number of piperidine rings is 2. The quantitative estimate of drug-likeness (QED) is 0.644. The Kier molecular flexibility index (Phi) is 3.67. The zero-order chi connectivity index (χ0) is 18.1. The molecule has 2 aliphatic heterocycles. The summed E-state index contributed by atoms with van der Waals surface area (Å²) in [5.41, 5.74) is -1.69. The van der Waals surface area contributed by atoms with Crippen molar-refractivity contribution in [2.75, 3.05) is 14.1 Å². The van der Waals surface area contributed by atoms with Crippen molar-refractivity contribution in [1.29, 1.82) is 0 Å². The molecule has 1 aliphatic carbocycles. The summed E-state index contributed by atoms with van der Waals surface area (Å²) in [5, 5.41) is 15.2. The molecule has 4 nitrogen and oxygen atoms in total. The number of nitrogens with zero attached hydrogens (tertiary/aromatic N) is 1. The number of esters is 1. The van der Waals surface area contributed by atoms with Gasteiger partial charge < -0.3 is 14.3 Å². The van der Waals surface area contributed by atoms with Gasteiger partial charge in [-0.1, -0.05) is 12.1 Å². The summed E-state index contributed by atoms with van der Waals surface area (Å²) in [4.78, 5) is 14.4. The average molecular weight is 391 g/mol. The molecule has 0 spiro atoms. The smallest absolute Gasteiger partial charge is 0.349 e. The highest BCUT2D eigenvalue weighted by Gasteiger charge is 2.68. The summed E-state index contributed by atoms with van der Waals surface area (Å²) >= 11 is 2.78. The maximum Gasteiger partial charge on any atom is 0.349 e. The van der Waals surface area contributed by atoms with E-state index in [-0.39, 0.29) is 6.10 Å². The summed E-state index contributed by atoms with van der Waals surface area (Å²) in [5.74, 6) is 1.10. The van der Waals surface area contributed by atoms with E-state index in [1.807, 2.05) is 35.0 Å². The van der Waals surface area contributed by atoms with Gasteiger partial charge in [0.1, 0.15) is 6.10 Å². The number of fused-ring (bicyclic) bond motifs is 5. The lowest BCUT2D eigenvalue weighted by atomic mass is 9.92. The van der Waals surface area contributed by atoms with Crippen molar-refractivity contribution in [3.05, 3.63) is 44.8 Å². The van der Waals surface area contributed by atoms with Crippen LogP contribution >= 0.6 is 22.7 Å². The molecule has 1 saturated carbocycles. The van der Waals surface area contributed by atoms with Crippen molar-refractivity contribution in [2.45, 2.75) is 43.1 Å². The molecule has 0 radical (unpaired) electrons. The summed E-state index contributed by atoms with van der Waals surface area (Å²) in [6, 6.07) is 8.53. The first-order chi connectivity index (χ1) is 12.4. The van der Waals surface area contributed by atoms with Crippen molar-refractivity contribution < 1.29 is 19.1 Å². The molecule has 4 heterocycles. The molecule has 5 atom stereocenters. The predicted octanol–water partition coefficient (Wildman–Crippen LogP) is 3.21. The Morgan fingerprint density at radius 1 is 1.08 bits per heavy atom. The normalized spacial score (nSPS) is 34.3. The Balaban J connectivity index is 1.40. The Labute approximate surface area is 161 Å². The van der Waals surface area contributed by atoms with E-state index >= 15 is 0 Å². The van der Waals surface area contributed by atoms with Gasteiger partial charge in [0.05, 0.1) is 35.9 Å². The minimum absolute atomic E-state index is 0.0806. The molecule has 3 fully saturated rings. The van der Waals surface area contributed by atoms with Gasteiger partial charge in [-0.3, -0.25) is 0 Å². The average Bonchev–Trinajstić information content (AvgIpc) is 2.98. The Morgan fingerprint density at radius 3 is 2.08 bits per heavy atom. The third-order valence-corrected chi connectivity index (χ3v) is 8.88. The number of rotatable bonds is 4. The molecule has 3 aliphatic rings. The van der Waals surface area contributed by atoms with Gasteiger partial charge in [-0.15, -0.1) is 22.7 Å². The molecule has 0 amide bonds. The van der Waals surface area contributed by atoms with E-state index in [2.05, 4.69) is 14.1 Å². The van der Waals surface area contributed by atoms with Gasteiger partial charge in [0, 0.05) is 24.7 Å². The van der Waals surface area contributed by atoms with Crippen LogP contribution in [0.15, 0.2) is 35.0 Å². The first kappa shape index (κ1) is 16.9. The fourth-order valence-corrected chi connectivity index (χ4v) is 7.22. The molecule has 2 bridgehead atoms. The highest BCUT2D eigenvalue weighted by Crippen LogP contribution is 2.61. The maximum absolute atomic E-state index is 13.2. The number of carbonyl (C=O) groups is 1.